The van der Waals surface area contributed by atoms with Gasteiger partial charge in [0.2, 0.25) is 0 Å². The molecule has 0 fully saturated rings. The largest absolute Gasteiger partial charge is 0.451 e. The van der Waals surface area contributed by atoms with Crippen molar-refractivity contribution in [2.45, 2.75) is 32.9 Å². The van der Waals surface area contributed by atoms with Gasteiger partial charge in [-0.1, -0.05) is 26.0 Å². The highest BCUT2D eigenvalue weighted by molar-refractivity contribution is 9.10. The normalized spacial score (nSPS) is 12.8. The van der Waals surface area contributed by atoms with Gasteiger partial charge < -0.3 is 15.8 Å². The summed E-state index contributed by atoms with van der Waals surface area (Å²) in [5.74, 6) is -2.38. The van der Waals surface area contributed by atoms with Gasteiger partial charge in [-0.3, -0.25) is 14.9 Å². The second-order valence-electron chi connectivity index (χ2n) is 5.61. The van der Waals surface area contributed by atoms with E-state index in [0.717, 1.165) is 0 Å². The molecule has 0 heterocycles. The number of primary amides is 1. The van der Waals surface area contributed by atoms with Gasteiger partial charge in [-0.05, 0) is 40.9 Å². The maximum Gasteiger partial charge on any atom is 0.329 e. The Labute approximate surface area is 153 Å². The predicted molar refractivity (Wildman–Crippen MR) is 93.5 cm³/mol. The van der Waals surface area contributed by atoms with Crippen molar-refractivity contribution in [1.82, 2.24) is 10.6 Å². The fourth-order valence-corrected chi connectivity index (χ4v) is 2.35. The number of carbonyl (C=O) groups excluding carboxylic acids is 4. The molecule has 0 aliphatic carbocycles. The number of rotatable bonds is 6. The van der Waals surface area contributed by atoms with Gasteiger partial charge in [0.05, 0.1) is 5.56 Å². The van der Waals surface area contributed by atoms with Crippen molar-refractivity contribution in [2.75, 3.05) is 0 Å². The van der Waals surface area contributed by atoms with Crippen LogP contribution in [0.3, 0.4) is 0 Å². The van der Waals surface area contributed by atoms with E-state index in [1.54, 1.807) is 38.1 Å². The summed E-state index contributed by atoms with van der Waals surface area (Å²) in [7, 11) is 0. The van der Waals surface area contributed by atoms with Crippen LogP contribution in [0.2, 0.25) is 0 Å². The predicted octanol–water partition coefficient (Wildman–Crippen LogP) is 1.33. The topological polar surface area (TPSA) is 128 Å². The first-order valence-electron chi connectivity index (χ1n) is 7.49. The van der Waals surface area contributed by atoms with Crippen molar-refractivity contribution in [1.29, 1.82) is 0 Å². The minimum Gasteiger partial charge on any atom is -0.451 e. The van der Waals surface area contributed by atoms with Gasteiger partial charge in [0.15, 0.2) is 6.10 Å². The highest BCUT2D eigenvalue weighted by atomic mass is 79.9. The average Bonchev–Trinajstić information content (AvgIpc) is 2.51. The van der Waals surface area contributed by atoms with Gasteiger partial charge >= 0.3 is 12.0 Å². The van der Waals surface area contributed by atoms with Crippen molar-refractivity contribution in [2.24, 2.45) is 11.7 Å². The summed E-state index contributed by atoms with van der Waals surface area (Å²) in [5, 5.41) is 4.41. The lowest BCUT2D eigenvalue weighted by molar-refractivity contribution is -0.157. The number of hydrogen-bond donors (Lipinski definition) is 3. The highest BCUT2D eigenvalue weighted by Gasteiger charge is 2.29. The van der Waals surface area contributed by atoms with Gasteiger partial charge in [-0.15, -0.1) is 0 Å². The number of ether oxygens (including phenoxy) is 1. The molecule has 4 amide bonds. The van der Waals surface area contributed by atoms with Gasteiger partial charge in [-0.2, -0.15) is 0 Å². The Morgan fingerprint density at radius 2 is 1.72 bits per heavy atom. The Kier molecular flexibility index (Phi) is 7.56. The molecule has 0 spiro atoms. The average molecular weight is 414 g/mol. The minimum atomic E-state index is -1.23. The standard InChI is InChI=1S/C16H20BrN3O5/c1-8(2)12(15(23)25-9(3)13(21)20-16(18)24)19-14(22)10-6-4-5-7-11(10)17/h4-9,12H,1-3H3,(H,19,22)(H3,18,20,21,24). The number of halogens is 1. The first kappa shape index (κ1) is 20.6. The van der Waals surface area contributed by atoms with E-state index in [0.29, 0.717) is 10.0 Å². The van der Waals surface area contributed by atoms with Gasteiger partial charge in [0.1, 0.15) is 6.04 Å². The molecule has 2 atom stereocenters. The van der Waals surface area contributed by atoms with Crippen LogP contribution in [-0.4, -0.2) is 36.0 Å². The smallest absolute Gasteiger partial charge is 0.329 e. The van der Waals surface area contributed by atoms with Crippen LogP contribution in [0.4, 0.5) is 4.79 Å². The zero-order valence-corrected chi connectivity index (χ0v) is 15.6. The molecule has 1 aromatic rings. The van der Waals surface area contributed by atoms with Crippen LogP contribution in [-0.2, 0) is 14.3 Å². The molecule has 0 radical (unpaired) electrons. The quantitative estimate of drug-likeness (QED) is 0.606. The van der Waals surface area contributed by atoms with Gasteiger partial charge in [0.25, 0.3) is 11.8 Å². The third-order valence-corrected chi connectivity index (χ3v) is 3.93. The molecule has 4 N–H and O–H groups in total. The molecule has 0 aliphatic heterocycles. The van der Waals surface area contributed by atoms with Crippen molar-refractivity contribution < 1.29 is 23.9 Å². The Morgan fingerprint density at radius 1 is 1.12 bits per heavy atom. The van der Waals surface area contributed by atoms with Crippen LogP contribution >= 0.6 is 15.9 Å². The monoisotopic (exact) mass is 413 g/mol. The number of imide groups is 1. The Balaban J connectivity index is 2.81. The molecule has 2 unspecified atom stereocenters. The number of nitrogens with one attached hydrogen (secondary N) is 2. The van der Waals surface area contributed by atoms with Crippen LogP contribution in [0.15, 0.2) is 28.7 Å². The fraction of sp³-hybridized carbons (Fsp3) is 0.375. The van der Waals surface area contributed by atoms with Crippen molar-refractivity contribution in [3.8, 4) is 0 Å². The van der Waals surface area contributed by atoms with Gasteiger partial charge in [-0.25, -0.2) is 9.59 Å². The van der Waals surface area contributed by atoms with E-state index in [4.69, 9.17) is 10.5 Å². The molecule has 1 aromatic carbocycles. The molecule has 9 heteroatoms. The first-order valence-corrected chi connectivity index (χ1v) is 8.29. The number of amides is 4. The molecule has 0 aliphatic rings. The summed E-state index contributed by atoms with van der Waals surface area (Å²) in [4.78, 5) is 46.9. The van der Waals surface area contributed by atoms with Gasteiger partial charge in [0, 0.05) is 4.47 Å². The molecule has 1 rings (SSSR count). The van der Waals surface area contributed by atoms with Crippen LogP contribution in [0.1, 0.15) is 31.1 Å². The molecule has 0 bridgehead atoms. The molecular formula is C16H20BrN3O5. The summed E-state index contributed by atoms with van der Waals surface area (Å²) in [6.45, 7) is 4.74. The SMILES string of the molecule is CC(OC(=O)C(NC(=O)c1ccccc1Br)C(C)C)C(=O)NC(N)=O. The Bertz CT molecular complexity index is 677. The second-order valence-corrected chi connectivity index (χ2v) is 6.46. The minimum absolute atomic E-state index is 0.287. The lowest BCUT2D eigenvalue weighted by atomic mass is 10.0. The van der Waals surface area contributed by atoms with Crippen LogP contribution in [0.5, 0.6) is 0 Å². The molecule has 0 saturated heterocycles. The zero-order valence-electron chi connectivity index (χ0n) is 14.0. The maximum atomic E-state index is 12.4. The van der Waals surface area contributed by atoms with Crippen molar-refractivity contribution in [3.05, 3.63) is 34.3 Å². The fourth-order valence-electron chi connectivity index (χ4n) is 1.89. The Hall–Kier alpha value is -2.42. The third-order valence-electron chi connectivity index (χ3n) is 3.23. The number of carbonyl (C=O) groups is 4. The molecule has 25 heavy (non-hydrogen) atoms. The zero-order chi connectivity index (χ0) is 19.1. The highest BCUT2D eigenvalue weighted by Crippen LogP contribution is 2.16. The van der Waals surface area contributed by atoms with E-state index in [2.05, 4.69) is 21.2 Å². The number of nitrogens with two attached hydrogens (primary N) is 1. The van der Waals surface area contributed by atoms with E-state index in [9.17, 15) is 19.2 Å². The number of benzene rings is 1. The Morgan fingerprint density at radius 3 is 2.24 bits per heavy atom. The van der Waals surface area contributed by atoms with Crippen LogP contribution in [0.25, 0.3) is 0 Å². The van der Waals surface area contributed by atoms with Crippen molar-refractivity contribution in [3.63, 3.8) is 0 Å². The van der Waals surface area contributed by atoms with E-state index in [-0.39, 0.29) is 5.92 Å². The molecule has 8 nitrogen and oxygen atoms in total. The molecule has 0 aromatic heterocycles. The third kappa shape index (κ3) is 6.18. The van der Waals surface area contributed by atoms with Crippen LogP contribution in [0, 0.1) is 5.92 Å². The van der Waals surface area contributed by atoms with E-state index < -0.39 is 36.0 Å². The summed E-state index contributed by atoms with van der Waals surface area (Å²) in [6.07, 6.45) is -1.23. The first-order chi connectivity index (χ1) is 11.6. The summed E-state index contributed by atoms with van der Waals surface area (Å²) in [6, 6.07) is 4.74. The van der Waals surface area contributed by atoms with E-state index in [1.807, 2.05) is 5.32 Å². The lowest BCUT2D eigenvalue weighted by Crippen LogP contribution is -2.48. The lowest BCUT2D eigenvalue weighted by Gasteiger charge is -2.23. The maximum absolute atomic E-state index is 12.4. The van der Waals surface area contributed by atoms with E-state index >= 15 is 0 Å². The number of esters is 1. The van der Waals surface area contributed by atoms with Crippen LogP contribution < -0.4 is 16.4 Å². The summed E-state index contributed by atoms with van der Waals surface area (Å²) >= 11 is 3.27. The summed E-state index contributed by atoms with van der Waals surface area (Å²) in [5.41, 5.74) is 5.20. The number of urea groups is 1. The van der Waals surface area contributed by atoms with E-state index in [1.165, 1.54) is 6.92 Å². The number of hydrogen-bond acceptors (Lipinski definition) is 5. The summed E-state index contributed by atoms with van der Waals surface area (Å²) < 4.78 is 5.60. The molecule has 136 valence electrons. The molecular weight excluding hydrogens is 394 g/mol. The second kappa shape index (κ2) is 9.16. The van der Waals surface area contributed by atoms with Crippen molar-refractivity contribution >= 4 is 39.7 Å². The molecule has 0 saturated carbocycles.